The van der Waals surface area contributed by atoms with E-state index in [2.05, 4.69) is 15.4 Å². The number of likely N-dealkylation sites (tertiary alicyclic amines) is 1. The number of hydrogen-bond acceptors (Lipinski definition) is 7. The van der Waals surface area contributed by atoms with Crippen LogP contribution < -0.4 is 5.32 Å². The van der Waals surface area contributed by atoms with Crippen molar-refractivity contribution in [3.05, 3.63) is 59.4 Å². The van der Waals surface area contributed by atoms with Gasteiger partial charge in [-0.05, 0) is 68.2 Å². The average Bonchev–Trinajstić information content (AvgIpc) is 3.46. The minimum atomic E-state index is -1.26. The van der Waals surface area contributed by atoms with Gasteiger partial charge < -0.3 is 35.5 Å². The number of rotatable bonds is 6. The largest absolute Gasteiger partial charge is 0.507 e. The van der Waals surface area contributed by atoms with Crippen molar-refractivity contribution in [2.24, 2.45) is 0 Å². The van der Waals surface area contributed by atoms with Crippen molar-refractivity contribution in [1.29, 1.82) is 0 Å². The molecule has 2 aromatic carbocycles. The second-order valence-electron chi connectivity index (χ2n) is 8.83. The van der Waals surface area contributed by atoms with Gasteiger partial charge in [0.15, 0.2) is 5.58 Å². The highest BCUT2D eigenvalue weighted by atomic mass is 19.1. The van der Waals surface area contributed by atoms with E-state index in [1.54, 1.807) is 12.1 Å². The average molecular weight is 516 g/mol. The highest BCUT2D eigenvalue weighted by Crippen LogP contribution is 2.42. The highest BCUT2D eigenvalue weighted by Gasteiger charge is 2.29. The Bertz CT molecular complexity index is 1270. The molecular weight excluding hydrogens is 485 g/mol. The number of benzene rings is 2. The molecule has 2 aliphatic heterocycles. The van der Waals surface area contributed by atoms with Crippen LogP contribution in [-0.4, -0.2) is 62.4 Å². The van der Waals surface area contributed by atoms with Crippen molar-refractivity contribution in [2.75, 3.05) is 19.6 Å². The van der Waals surface area contributed by atoms with Gasteiger partial charge in [-0.25, -0.2) is 14.0 Å². The van der Waals surface area contributed by atoms with E-state index in [-0.39, 0.29) is 23.1 Å². The van der Waals surface area contributed by atoms with E-state index in [1.807, 2.05) is 6.07 Å². The molecule has 0 spiro atoms. The molecule has 1 aromatic heterocycles. The molecule has 0 saturated carbocycles. The fourth-order valence-corrected chi connectivity index (χ4v) is 4.75. The molecule has 0 amide bonds. The Balaban J connectivity index is 0.000000370. The van der Waals surface area contributed by atoms with Crippen molar-refractivity contribution >= 4 is 22.9 Å². The zero-order chi connectivity index (χ0) is 25.7. The summed E-state index contributed by atoms with van der Waals surface area (Å²) in [6, 6.07) is 8.39. The standard InChI is InChI=1S/C22H24FN3O2.C4H4O4.H2O/c23-14-4-5-16-20(12-14)28-25-22(16)21-17-13-24-18(15(17)6-7-19(21)27)8-11-26-9-2-1-3-10-26;5-3(6)1-2-4(7)8;/h4-7,12,18,24,27H,1-3,8-11,13H2;1-2H,(H,5,6)(H,7,8);1H2/b;2-1+;. The first-order chi connectivity index (χ1) is 17.3. The van der Waals surface area contributed by atoms with Gasteiger partial charge in [0.25, 0.3) is 0 Å². The molecule has 3 aromatic rings. The lowest BCUT2D eigenvalue weighted by atomic mass is 9.94. The molecule has 1 unspecified atom stereocenters. The summed E-state index contributed by atoms with van der Waals surface area (Å²) >= 11 is 0. The molecule has 3 heterocycles. The number of aliphatic carboxylic acids is 2. The maximum atomic E-state index is 13.5. The molecule has 37 heavy (non-hydrogen) atoms. The highest BCUT2D eigenvalue weighted by molar-refractivity contribution is 5.94. The van der Waals surface area contributed by atoms with Crippen LogP contribution in [0.5, 0.6) is 5.75 Å². The molecule has 0 bridgehead atoms. The number of nitrogens with one attached hydrogen (secondary N) is 1. The second kappa shape index (κ2) is 12.4. The van der Waals surface area contributed by atoms with Crippen LogP contribution in [0.15, 0.2) is 47.0 Å². The van der Waals surface area contributed by atoms with E-state index >= 15 is 0 Å². The van der Waals surface area contributed by atoms with E-state index in [4.69, 9.17) is 14.7 Å². The molecule has 0 radical (unpaired) electrons. The summed E-state index contributed by atoms with van der Waals surface area (Å²) in [6.07, 6.45) is 6.10. The van der Waals surface area contributed by atoms with E-state index < -0.39 is 11.9 Å². The Morgan fingerprint density at radius 1 is 1.11 bits per heavy atom. The van der Waals surface area contributed by atoms with Crippen LogP contribution in [0.1, 0.15) is 42.9 Å². The predicted octanol–water partition coefficient (Wildman–Crippen LogP) is 3.25. The van der Waals surface area contributed by atoms with Gasteiger partial charge in [-0.15, -0.1) is 0 Å². The van der Waals surface area contributed by atoms with E-state index in [0.717, 1.165) is 18.5 Å². The lowest BCUT2D eigenvalue weighted by Crippen LogP contribution is -2.32. The number of aromatic nitrogens is 1. The van der Waals surface area contributed by atoms with Crippen molar-refractivity contribution in [1.82, 2.24) is 15.4 Å². The minimum absolute atomic E-state index is 0. The van der Waals surface area contributed by atoms with Crippen LogP contribution in [0.25, 0.3) is 22.2 Å². The maximum Gasteiger partial charge on any atom is 0.328 e. The van der Waals surface area contributed by atoms with Crippen LogP contribution in [-0.2, 0) is 16.1 Å². The molecule has 1 saturated heterocycles. The van der Waals surface area contributed by atoms with Gasteiger partial charge in [0, 0.05) is 30.8 Å². The summed E-state index contributed by atoms with van der Waals surface area (Å²) in [5, 5.41) is 34.7. The van der Waals surface area contributed by atoms with Gasteiger partial charge in [-0.1, -0.05) is 17.6 Å². The van der Waals surface area contributed by atoms with Gasteiger partial charge in [-0.3, -0.25) is 0 Å². The Labute approximate surface area is 212 Å². The molecule has 11 heteroatoms. The van der Waals surface area contributed by atoms with Crippen molar-refractivity contribution in [2.45, 2.75) is 38.3 Å². The summed E-state index contributed by atoms with van der Waals surface area (Å²) < 4.78 is 18.8. The van der Waals surface area contributed by atoms with Crippen LogP contribution in [0.4, 0.5) is 4.39 Å². The monoisotopic (exact) mass is 515 g/mol. The number of fused-ring (bicyclic) bond motifs is 2. The molecule has 198 valence electrons. The lowest BCUT2D eigenvalue weighted by Gasteiger charge is -2.27. The molecule has 1 atom stereocenters. The Hall–Kier alpha value is -3.80. The number of phenols is 1. The third-order valence-electron chi connectivity index (χ3n) is 6.45. The summed E-state index contributed by atoms with van der Waals surface area (Å²) in [5.74, 6) is -2.70. The summed E-state index contributed by atoms with van der Waals surface area (Å²) in [4.78, 5) is 21.7. The smallest absolute Gasteiger partial charge is 0.328 e. The SMILES string of the molecule is O.O=C(O)/C=C/C(=O)O.Oc1ccc2c(c1-c1noc3cc(F)ccc13)CNC2CCN1CCCCC1. The normalized spacial score (nSPS) is 17.2. The minimum Gasteiger partial charge on any atom is -0.507 e. The molecule has 10 nitrogen and oxygen atoms in total. The Morgan fingerprint density at radius 2 is 1.81 bits per heavy atom. The third-order valence-corrected chi connectivity index (χ3v) is 6.45. The number of hydrogen-bond donors (Lipinski definition) is 4. The summed E-state index contributed by atoms with van der Waals surface area (Å²) in [5.41, 5.74) is 3.92. The summed E-state index contributed by atoms with van der Waals surface area (Å²) in [6.45, 7) is 4.16. The van der Waals surface area contributed by atoms with Gasteiger partial charge in [0.1, 0.15) is 17.3 Å². The van der Waals surface area contributed by atoms with E-state index in [9.17, 15) is 19.1 Å². The van der Waals surface area contributed by atoms with E-state index in [1.165, 1.54) is 50.0 Å². The van der Waals surface area contributed by atoms with E-state index in [0.29, 0.717) is 40.9 Å². The molecule has 6 N–H and O–H groups in total. The molecule has 2 aliphatic rings. The third kappa shape index (κ3) is 6.70. The number of carbonyl (C=O) groups is 2. The number of carboxylic acids is 2. The Morgan fingerprint density at radius 3 is 2.49 bits per heavy atom. The molecular formula is C26H30FN3O7. The van der Waals surface area contributed by atoms with Gasteiger partial charge in [0.2, 0.25) is 0 Å². The topological polar surface area (TPSA) is 168 Å². The molecule has 1 fully saturated rings. The number of halogens is 1. The van der Waals surface area contributed by atoms with Gasteiger partial charge in [-0.2, -0.15) is 0 Å². The quantitative estimate of drug-likeness (QED) is 0.360. The van der Waals surface area contributed by atoms with Gasteiger partial charge in [0.05, 0.1) is 10.9 Å². The first-order valence-electron chi connectivity index (χ1n) is 11.8. The maximum absolute atomic E-state index is 13.5. The molecule has 5 rings (SSSR count). The van der Waals surface area contributed by atoms with Crippen LogP contribution in [0.2, 0.25) is 0 Å². The van der Waals surface area contributed by atoms with Crippen LogP contribution in [0.3, 0.4) is 0 Å². The zero-order valence-corrected chi connectivity index (χ0v) is 20.1. The number of piperidine rings is 1. The molecule has 0 aliphatic carbocycles. The fraction of sp³-hybridized carbons (Fsp3) is 0.346. The van der Waals surface area contributed by atoms with Crippen molar-refractivity contribution in [3.8, 4) is 17.0 Å². The second-order valence-corrected chi connectivity index (χ2v) is 8.83. The van der Waals surface area contributed by atoms with Gasteiger partial charge >= 0.3 is 11.9 Å². The first-order valence-corrected chi connectivity index (χ1v) is 11.8. The fourth-order valence-electron chi connectivity index (χ4n) is 4.75. The van der Waals surface area contributed by atoms with Crippen LogP contribution >= 0.6 is 0 Å². The number of nitrogens with zero attached hydrogens (tertiary/aromatic N) is 2. The number of phenolic OH excluding ortho intramolecular Hbond substituents is 1. The van der Waals surface area contributed by atoms with Crippen molar-refractivity contribution < 1.29 is 39.3 Å². The number of carboxylic acid groups (broad SMARTS) is 2. The zero-order valence-electron chi connectivity index (χ0n) is 20.1. The Kier molecular flexibility index (Phi) is 9.34. The first kappa shape index (κ1) is 27.8. The summed E-state index contributed by atoms with van der Waals surface area (Å²) in [7, 11) is 0. The van der Waals surface area contributed by atoms with Crippen molar-refractivity contribution in [3.63, 3.8) is 0 Å². The lowest BCUT2D eigenvalue weighted by molar-refractivity contribution is -0.134. The number of aromatic hydroxyl groups is 1. The predicted molar refractivity (Wildman–Crippen MR) is 134 cm³/mol. The van der Waals surface area contributed by atoms with Crippen LogP contribution in [0, 0.1) is 5.82 Å².